The van der Waals surface area contributed by atoms with Gasteiger partial charge in [0.25, 0.3) is 0 Å². The zero-order valence-electron chi connectivity index (χ0n) is 30.6. The van der Waals surface area contributed by atoms with Gasteiger partial charge in [-0.3, -0.25) is 24.0 Å². The van der Waals surface area contributed by atoms with E-state index in [0.717, 1.165) is 22.3 Å². The molecule has 272 valence electrons. The number of benzene rings is 4. The molecule has 4 rings (SSSR count). The molecule has 0 aromatic heterocycles. The molecular formula is C42H49N5O5. The van der Waals surface area contributed by atoms with Crippen LogP contribution in [-0.2, 0) is 49.7 Å². The molecule has 4 aromatic carbocycles. The number of rotatable bonds is 16. The third-order valence-electron chi connectivity index (χ3n) is 9.68. The predicted molar refractivity (Wildman–Crippen MR) is 202 cm³/mol. The van der Waals surface area contributed by atoms with Crippen LogP contribution < -0.4 is 5.73 Å². The molecule has 5 amide bonds. The van der Waals surface area contributed by atoms with Gasteiger partial charge in [-0.25, -0.2) is 0 Å². The minimum Gasteiger partial charge on any atom is -0.368 e. The highest BCUT2D eigenvalue weighted by Gasteiger charge is 2.40. The van der Waals surface area contributed by atoms with Crippen molar-refractivity contribution in [3.63, 3.8) is 0 Å². The van der Waals surface area contributed by atoms with Gasteiger partial charge in [-0.15, -0.1) is 0 Å². The van der Waals surface area contributed by atoms with Crippen LogP contribution in [0.2, 0.25) is 0 Å². The maximum absolute atomic E-state index is 14.8. The predicted octanol–water partition coefficient (Wildman–Crippen LogP) is 3.77. The van der Waals surface area contributed by atoms with Crippen molar-refractivity contribution in [1.82, 2.24) is 19.6 Å². The molecule has 4 atom stereocenters. The molecular weight excluding hydrogens is 654 g/mol. The Hall–Kier alpha value is -5.77. The van der Waals surface area contributed by atoms with Crippen LogP contribution in [0, 0.1) is 0 Å². The van der Waals surface area contributed by atoms with Crippen LogP contribution in [0.4, 0.5) is 0 Å². The summed E-state index contributed by atoms with van der Waals surface area (Å²) < 4.78 is 0. The maximum atomic E-state index is 14.8. The van der Waals surface area contributed by atoms with Crippen LogP contribution in [0.15, 0.2) is 121 Å². The quantitative estimate of drug-likeness (QED) is 0.190. The average molecular weight is 704 g/mol. The molecule has 10 nitrogen and oxygen atoms in total. The number of nitrogens with two attached hydrogens (primary N) is 1. The van der Waals surface area contributed by atoms with E-state index < -0.39 is 47.8 Å². The number of nitrogens with zero attached hydrogens (tertiary/aromatic N) is 4. The third-order valence-corrected chi connectivity index (χ3v) is 9.68. The molecule has 0 saturated heterocycles. The summed E-state index contributed by atoms with van der Waals surface area (Å²) in [5, 5.41) is 0. The fraction of sp³-hybridized carbons (Fsp3) is 0.310. The molecule has 52 heavy (non-hydrogen) atoms. The Labute approximate surface area is 306 Å². The number of likely N-dealkylation sites (N-methyl/N-ethyl adjacent to an activating group) is 4. The second kappa shape index (κ2) is 18.5. The number of amides is 5. The van der Waals surface area contributed by atoms with Gasteiger partial charge in [0.1, 0.15) is 24.2 Å². The van der Waals surface area contributed by atoms with E-state index in [2.05, 4.69) is 0 Å². The average Bonchev–Trinajstić information content (AvgIpc) is 3.16. The minimum atomic E-state index is -1.04. The minimum absolute atomic E-state index is 0.155. The van der Waals surface area contributed by atoms with Crippen LogP contribution in [0.25, 0.3) is 0 Å². The summed E-state index contributed by atoms with van der Waals surface area (Å²) in [5.41, 5.74) is 9.18. The van der Waals surface area contributed by atoms with Crippen LogP contribution in [0.5, 0.6) is 0 Å². The summed E-state index contributed by atoms with van der Waals surface area (Å²) in [4.78, 5) is 74.6. The molecule has 0 heterocycles. The van der Waals surface area contributed by atoms with E-state index in [4.69, 9.17) is 5.73 Å². The first-order valence-electron chi connectivity index (χ1n) is 17.4. The summed E-state index contributed by atoms with van der Waals surface area (Å²) in [6.45, 7) is 1.40. The fourth-order valence-corrected chi connectivity index (χ4v) is 6.33. The van der Waals surface area contributed by atoms with E-state index in [9.17, 15) is 24.0 Å². The highest BCUT2D eigenvalue weighted by atomic mass is 16.2. The summed E-state index contributed by atoms with van der Waals surface area (Å²) in [5.74, 6) is -2.31. The molecule has 0 unspecified atom stereocenters. The first-order chi connectivity index (χ1) is 24.9. The zero-order valence-corrected chi connectivity index (χ0v) is 30.6. The molecule has 4 aromatic rings. The molecule has 0 aliphatic carbocycles. The van der Waals surface area contributed by atoms with E-state index in [1.165, 1.54) is 33.6 Å². The second-order valence-corrected chi connectivity index (χ2v) is 13.2. The van der Waals surface area contributed by atoms with Gasteiger partial charge < -0.3 is 25.3 Å². The lowest BCUT2D eigenvalue weighted by atomic mass is 9.97. The van der Waals surface area contributed by atoms with Crippen molar-refractivity contribution in [2.45, 2.75) is 56.8 Å². The van der Waals surface area contributed by atoms with Crippen LogP contribution in [0.1, 0.15) is 29.2 Å². The van der Waals surface area contributed by atoms with Crippen molar-refractivity contribution in [2.75, 3.05) is 28.2 Å². The van der Waals surface area contributed by atoms with Gasteiger partial charge in [0.05, 0.1) is 0 Å². The van der Waals surface area contributed by atoms with E-state index >= 15 is 0 Å². The lowest BCUT2D eigenvalue weighted by molar-refractivity contribution is -0.153. The van der Waals surface area contributed by atoms with E-state index in [1.807, 2.05) is 121 Å². The largest absolute Gasteiger partial charge is 0.368 e. The maximum Gasteiger partial charge on any atom is 0.246 e. The molecule has 0 saturated carbocycles. The van der Waals surface area contributed by atoms with Crippen molar-refractivity contribution in [3.8, 4) is 0 Å². The van der Waals surface area contributed by atoms with Crippen molar-refractivity contribution in [1.29, 1.82) is 0 Å². The van der Waals surface area contributed by atoms with Gasteiger partial charge >= 0.3 is 0 Å². The Balaban J connectivity index is 1.72. The van der Waals surface area contributed by atoms with Crippen LogP contribution in [0.3, 0.4) is 0 Å². The Morgan fingerprint density at radius 3 is 0.904 bits per heavy atom. The van der Waals surface area contributed by atoms with Gasteiger partial charge in [-0.2, -0.15) is 0 Å². The number of carbonyl (C=O) groups is 5. The zero-order chi connectivity index (χ0) is 37.8. The van der Waals surface area contributed by atoms with Crippen LogP contribution in [-0.4, -0.2) is 101 Å². The van der Waals surface area contributed by atoms with E-state index in [0.29, 0.717) is 0 Å². The smallest absolute Gasteiger partial charge is 0.246 e. The first kappa shape index (κ1) is 39.0. The Morgan fingerprint density at radius 1 is 0.423 bits per heavy atom. The number of hydrogen-bond acceptors (Lipinski definition) is 5. The third kappa shape index (κ3) is 10.2. The van der Waals surface area contributed by atoms with Gasteiger partial charge in [-0.1, -0.05) is 121 Å². The summed E-state index contributed by atoms with van der Waals surface area (Å²) in [7, 11) is 6.23. The van der Waals surface area contributed by atoms with Gasteiger partial charge in [0, 0.05) is 60.8 Å². The van der Waals surface area contributed by atoms with Gasteiger partial charge in [-0.05, 0) is 22.3 Å². The Bertz CT molecular complexity index is 1790. The van der Waals surface area contributed by atoms with Crippen molar-refractivity contribution in [2.24, 2.45) is 5.73 Å². The molecule has 0 aliphatic heterocycles. The van der Waals surface area contributed by atoms with Crippen molar-refractivity contribution >= 4 is 29.5 Å². The first-order valence-corrected chi connectivity index (χ1v) is 17.4. The van der Waals surface area contributed by atoms with E-state index in [-0.39, 0.29) is 31.6 Å². The molecule has 10 heteroatoms. The summed E-state index contributed by atoms with van der Waals surface area (Å²) in [6, 6.07) is 33.4. The highest BCUT2D eigenvalue weighted by molar-refractivity contribution is 5.95. The lowest BCUT2D eigenvalue weighted by Gasteiger charge is -2.39. The van der Waals surface area contributed by atoms with Crippen molar-refractivity contribution in [3.05, 3.63) is 144 Å². The lowest BCUT2D eigenvalue weighted by Crippen LogP contribution is -2.60. The SMILES string of the molecule is CC(=O)N(C)[C@@H](Cc1ccccc1)C(=O)N(C)[C@@H](Cc1ccccc1)C(=O)N(C)[C@@H](Cc1ccccc1)C(=O)N(C)[C@@H](Cc1ccccc1)C(N)=O. The Morgan fingerprint density at radius 2 is 0.654 bits per heavy atom. The standard InChI is InChI=1S/C42H49N5O5/c1-30(48)44(2)36(27-32-20-12-7-13-21-32)40(50)46(4)38(29-34-24-16-9-17-25-34)42(52)47(5)37(28-33-22-14-8-15-23-33)41(51)45(3)35(39(43)49)26-31-18-10-6-11-19-31/h6-25,35-38H,26-29H2,1-5H3,(H2,43,49)/t35-,36-,37-,38-/m0/s1. The molecule has 0 radical (unpaired) electrons. The molecule has 0 bridgehead atoms. The van der Waals surface area contributed by atoms with Gasteiger partial charge in [0.15, 0.2) is 0 Å². The van der Waals surface area contributed by atoms with Crippen molar-refractivity contribution < 1.29 is 24.0 Å². The number of hydrogen-bond donors (Lipinski definition) is 1. The topological polar surface area (TPSA) is 124 Å². The molecule has 0 spiro atoms. The summed E-state index contributed by atoms with van der Waals surface area (Å²) >= 11 is 0. The normalized spacial score (nSPS) is 13.2. The summed E-state index contributed by atoms with van der Waals surface area (Å²) in [6.07, 6.45) is 0.767. The molecule has 2 N–H and O–H groups in total. The van der Waals surface area contributed by atoms with Gasteiger partial charge in [0.2, 0.25) is 29.5 Å². The van der Waals surface area contributed by atoms with Crippen LogP contribution >= 0.6 is 0 Å². The highest BCUT2D eigenvalue weighted by Crippen LogP contribution is 2.20. The fourth-order valence-electron chi connectivity index (χ4n) is 6.33. The monoisotopic (exact) mass is 703 g/mol. The van der Waals surface area contributed by atoms with E-state index in [1.54, 1.807) is 21.1 Å². The molecule has 0 aliphatic rings. The molecule has 0 fully saturated rings. The second-order valence-electron chi connectivity index (χ2n) is 13.2. The number of primary amides is 1. The number of carbonyl (C=O) groups excluding carboxylic acids is 5. The Kier molecular flexibility index (Phi) is 13.9.